The number of fused-ring (bicyclic) bond motifs is 1. The van der Waals surface area contributed by atoms with Gasteiger partial charge in [0.15, 0.2) is 0 Å². The molecule has 0 amide bonds. The minimum atomic E-state index is -0.755. The molecule has 0 radical (unpaired) electrons. The molecule has 1 aliphatic carbocycles. The largest absolute Gasteiger partial charge is 0.480 e. The topological polar surface area (TPSA) is 69.6 Å². The second-order valence-corrected chi connectivity index (χ2v) is 6.28. The molecule has 22 heavy (non-hydrogen) atoms. The van der Waals surface area contributed by atoms with Crippen LogP contribution >= 0.6 is 0 Å². The summed E-state index contributed by atoms with van der Waals surface area (Å²) in [5.74, 6) is 0.0649. The van der Waals surface area contributed by atoms with E-state index in [9.17, 15) is 4.79 Å². The van der Waals surface area contributed by atoms with Crippen LogP contribution in [0.1, 0.15) is 36.7 Å². The molecule has 1 saturated heterocycles. The third-order valence-corrected chi connectivity index (χ3v) is 4.88. The van der Waals surface area contributed by atoms with E-state index in [-0.39, 0.29) is 0 Å². The van der Waals surface area contributed by atoms with E-state index >= 15 is 0 Å². The molecule has 1 aromatic rings. The van der Waals surface area contributed by atoms with Gasteiger partial charge in [-0.05, 0) is 45.1 Å². The Bertz CT molecular complexity index is 568. The zero-order valence-electron chi connectivity index (χ0n) is 13.4. The summed E-state index contributed by atoms with van der Waals surface area (Å²) in [7, 11) is 0. The number of carboxylic acid groups (broad SMARTS) is 1. The molecule has 0 saturated carbocycles. The van der Waals surface area contributed by atoms with E-state index in [0.717, 1.165) is 50.7 Å². The lowest BCUT2D eigenvalue weighted by Crippen LogP contribution is -2.52. The zero-order chi connectivity index (χ0) is 15.7. The van der Waals surface area contributed by atoms with Crippen molar-refractivity contribution in [2.45, 2.75) is 45.6 Å². The van der Waals surface area contributed by atoms with Crippen LogP contribution < -0.4 is 4.90 Å². The van der Waals surface area contributed by atoms with Crippen molar-refractivity contribution in [2.75, 3.05) is 31.1 Å². The molecule has 2 heterocycles. The summed E-state index contributed by atoms with van der Waals surface area (Å²) in [6.07, 6.45) is 4.61. The third kappa shape index (κ3) is 2.92. The molecule has 0 aromatic carbocycles. The highest BCUT2D eigenvalue weighted by Gasteiger charge is 2.27. The Morgan fingerprint density at radius 3 is 2.50 bits per heavy atom. The quantitative estimate of drug-likeness (QED) is 0.906. The number of carbonyl (C=O) groups is 1. The standard InChI is InChI=1S/C16H24N4O2/c1-11-13-5-3-4-6-14(13)18-16(17-11)20-9-7-19(8-10-20)12(2)15(21)22/h12H,3-10H2,1-2H3,(H,21,22). The summed E-state index contributed by atoms with van der Waals surface area (Å²) < 4.78 is 0. The predicted molar refractivity (Wildman–Crippen MR) is 84.3 cm³/mol. The molecule has 1 N–H and O–H groups in total. The maximum absolute atomic E-state index is 11.1. The highest BCUT2D eigenvalue weighted by atomic mass is 16.4. The Morgan fingerprint density at radius 2 is 1.82 bits per heavy atom. The van der Waals surface area contributed by atoms with Gasteiger partial charge < -0.3 is 10.0 Å². The number of aromatic nitrogens is 2. The van der Waals surface area contributed by atoms with E-state index in [1.807, 2.05) is 4.90 Å². The number of aliphatic carboxylic acids is 1. The van der Waals surface area contributed by atoms with Crippen molar-refractivity contribution in [3.05, 3.63) is 17.0 Å². The number of hydrogen-bond acceptors (Lipinski definition) is 5. The fourth-order valence-corrected chi connectivity index (χ4v) is 3.37. The van der Waals surface area contributed by atoms with Crippen molar-refractivity contribution < 1.29 is 9.90 Å². The first-order chi connectivity index (χ1) is 10.6. The monoisotopic (exact) mass is 304 g/mol. The Balaban J connectivity index is 1.71. The van der Waals surface area contributed by atoms with Crippen LogP contribution in [-0.4, -0.2) is 58.2 Å². The van der Waals surface area contributed by atoms with Crippen molar-refractivity contribution in [1.82, 2.24) is 14.9 Å². The van der Waals surface area contributed by atoms with Crippen molar-refractivity contribution in [1.29, 1.82) is 0 Å². The molecule has 1 aliphatic heterocycles. The van der Waals surface area contributed by atoms with E-state index in [4.69, 9.17) is 15.1 Å². The first-order valence-electron chi connectivity index (χ1n) is 8.14. The van der Waals surface area contributed by atoms with Crippen molar-refractivity contribution in [3.8, 4) is 0 Å². The van der Waals surface area contributed by atoms with Crippen molar-refractivity contribution in [3.63, 3.8) is 0 Å². The average molecular weight is 304 g/mol. The van der Waals surface area contributed by atoms with E-state index < -0.39 is 12.0 Å². The average Bonchev–Trinajstić information content (AvgIpc) is 2.54. The molecule has 0 spiro atoms. The summed E-state index contributed by atoms with van der Waals surface area (Å²) in [6.45, 7) is 6.89. The lowest BCUT2D eigenvalue weighted by molar-refractivity contribution is -0.142. The molecular weight excluding hydrogens is 280 g/mol. The number of anilines is 1. The SMILES string of the molecule is Cc1nc(N2CCN(C(C)C(=O)O)CC2)nc2c1CCCC2. The minimum Gasteiger partial charge on any atom is -0.480 e. The number of nitrogens with zero attached hydrogens (tertiary/aromatic N) is 4. The third-order valence-electron chi connectivity index (χ3n) is 4.88. The van der Waals surface area contributed by atoms with Gasteiger partial charge in [-0.3, -0.25) is 9.69 Å². The fraction of sp³-hybridized carbons (Fsp3) is 0.688. The maximum Gasteiger partial charge on any atom is 0.320 e. The van der Waals surface area contributed by atoms with Gasteiger partial charge in [0.25, 0.3) is 0 Å². The van der Waals surface area contributed by atoms with Crippen LogP contribution in [0.4, 0.5) is 5.95 Å². The minimum absolute atomic E-state index is 0.423. The summed E-state index contributed by atoms with van der Waals surface area (Å²) in [4.78, 5) is 24.7. The number of hydrogen-bond donors (Lipinski definition) is 1. The zero-order valence-corrected chi connectivity index (χ0v) is 13.4. The fourth-order valence-electron chi connectivity index (χ4n) is 3.37. The second kappa shape index (κ2) is 6.20. The van der Waals surface area contributed by atoms with Crippen molar-refractivity contribution in [2.24, 2.45) is 0 Å². The highest BCUT2D eigenvalue weighted by molar-refractivity contribution is 5.72. The Morgan fingerprint density at radius 1 is 1.14 bits per heavy atom. The van der Waals surface area contributed by atoms with E-state index in [0.29, 0.717) is 0 Å². The van der Waals surface area contributed by atoms with Crippen LogP contribution in [0, 0.1) is 6.92 Å². The predicted octanol–water partition coefficient (Wildman–Crippen LogP) is 1.26. The number of carboxylic acids is 1. The summed E-state index contributed by atoms with van der Waals surface area (Å²) in [6, 6.07) is -0.423. The van der Waals surface area contributed by atoms with Crippen LogP contribution in [-0.2, 0) is 17.6 Å². The smallest absolute Gasteiger partial charge is 0.320 e. The first-order valence-corrected chi connectivity index (χ1v) is 8.14. The van der Waals surface area contributed by atoms with Gasteiger partial charge >= 0.3 is 5.97 Å². The van der Waals surface area contributed by atoms with Crippen LogP contribution in [0.3, 0.4) is 0 Å². The van der Waals surface area contributed by atoms with E-state index in [1.54, 1.807) is 6.92 Å². The van der Waals surface area contributed by atoms with Gasteiger partial charge in [0.1, 0.15) is 6.04 Å². The molecule has 6 nitrogen and oxygen atoms in total. The molecule has 1 aromatic heterocycles. The Kier molecular flexibility index (Phi) is 4.29. The van der Waals surface area contributed by atoms with Crippen LogP contribution in [0.5, 0.6) is 0 Å². The van der Waals surface area contributed by atoms with Gasteiger partial charge in [-0.25, -0.2) is 9.97 Å². The van der Waals surface area contributed by atoms with Crippen molar-refractivity contribution >= 4 is 11.9 Å². The number of piperazine rings is 1. The first kappa shape index (κ1) is 15.2. The normalized spacial score (nSPS) is 20.5. The van der Waals surface area contributed by atoms with Gasteiger partial charge in [0.05, 0.1) is 0 Å². The van der Waals surface area contributed by atoms with E-state index in [2.05, 4.69) is 11.8 Å². The van der Waals surface area contributed by atoms with Crippen LogP contribution in [0.25, 0.3) is 0 Å². The van der Waals surface area contributed by atoms with Gasteiger partial charge in [0, 0.05) is 37.6 Å². The van der Waals surface area contributed by atoms with Gasteiger partial charge in [0.2, 0.25) is 5.95 Å². The molecular formula is C16H24N4O2. The lowest BCUT2D eigenvalue weighted by atomic mass is 9.95. The molecule has 0 bridgehead atoms. The van der Waals surface area contributed by atoms with Gasteiger partial charge in [-0.15, -0.1) is 0 Å². The van der Waals surface area contributed by atoms with E-state index in [1.165, 1.54) is 24.1 Å². The molecule has 3 rings (SSSR count). The molecule has 6 heteroatoms. The molecule has 1 unspecified atom stereocenters. The lowest BCUT2D eigenvalue weighted by Gasteiger charge is -2.37. The molecule has 1 atom stereocenters. The summed E-state index contributed by atoms with van der Waals surface area (Å²) >= 11 is 0. The molecule has 2 aliphatic rings. The highest BCUT2D eigenvalue weighted by Crippen LogP contribution is 2.24. The number of aryl methyl sites for hydroxylation is 2. The summed E-state index contributed by atoms with van der Waals surface area (Å²) in [5, 5.41) is 9.11. The van der Waals surface area contributed by atoms with Crippen LogP contribution in [0.2, 0.25) is 0 Å². The Labute approximate surface area is 131 Å². The Hall–Kier alpha value is -1.69. The number of rotatable bonds is 3. The van der Waals surface area contributed by atoms with Crippen LogP contribution in [0.15, 0.2) is 0 Å². The summed E-state index contributed by atoms with van der Waals surface area (Å²) in [5.41, 5.74) is 3.67. The van der Waals surface area contributed by atoms with Gasteiger partial charge in [-0.1, -0.05) is 0 Å². The molecule has 120 valence electrons. The second-order valence-electron chi connectivity index (χ2n) is 6.28. The maximum atomic E-state index is 11.1. The van der Waals surface area contributed by atoms with Gasteiger partial charge in [-0.2, -0.15) is 0 Å². The molecule has 1 fully saturated rings.